The van der Waals surface area contributed by atoms with Crippen LogP contribution in [0.5, 0.6) is 0 Å². The Morgan fingerprint density at radius 1 is 1.15 bits per heavy atom. The van der Waals surface area contributed by atoms with Crippen molar-refractivity contribution < 1.29 is 16.8 Å². The van der Waals surface area contributed by atoms with E-state index < -0.39 is 20.0 Å². The smallest absolute Gasteiger partial charge is 0.242 e. The minimum atomic E-state index is -3.58. The van der Waals surface area contributed by atoms with E-state index in [1.807, 2.05) is 0 Å². The number of hydrogen-bond donors (Lipinski definition) is 4. The van der Waals surface area contributed by atoms with Crippen LogP contribution in [0.4, 0.5) is 11.4 Å². The zero-order chi connectivity index (χ0) is 15.4. The topological polar surface area (TPSA) is 130 Å². The molecule has 0 unspecified atom stereocenters. The second-order valence-corrected chi connectivity index (χ2v) is 7.74. The van der Waals surface area contributed by atoms with Gasteiger partial charge in [-0.3, -0.25) is 0 Å². The lowest BCUT2D eigenvalue weighted by Gasteiger charge is -2.10. The van der Waals surface area contributed by atoms with Gasteiger partial charge < -0.3 is 11.1 Å². The maximum Gasteiger partial charge on any atom is 0.242 e. The third kappa shape index (κ3) is 4.96. The quantitative estimate of drug-likeness (QED) is 0.382. The zero-order valence-electron chi connectivity index (χ0n) is 11.2. The van der Waals surface area contributed by atoms with Crippen molar-refractivity contribution in [3.63, 3.8) is 0 Å². The highest BCUT2D eigenvalue weighted by molar-refractivity contribution is 7.89. The van der Waals surface area contributed by atoms with Crippen LogP contribution in [0, 0.1) is 0 Å². The van der Waals surface area contributed by atoms with Crippen LogP contribution in [0.1, 0.15) is 0 Å². The number of sulfonamides is 2. The van der Waals surface area contributed by atoms with Crippen LogP contribution in [0.25, 0.3) is 0 Å². The number of anilines is 2. The average molecular weight is 322 g/mol. The lowest BCUT2D eigenvalue weighted by Crippen LogP contribution is -2.27. The molecule has 0 spiro atoms. The van der Waals surface area contributed by atoms with Crippen LogP contribution in [0.2, 0.25) is 0 Å². The third-order valence-corrected chi connectivity index (χ3v) is 4.60. The summed E-state index contributed by atoms with van der Waals surface area (Å²) in [6, 6.07) is 4.42. The summed E-state index contributed by atoms with van der Waals surface area (Å²) in [5, 5.41) is 2.93. The molecule has 20 heavy (non-hydrogen) atoms. The van der Waals surface area contributed by atoms with Gasteiger partial charge in [0.2, 0.25) is 20.0 Å². The predicted molar refractivity (Wildman–Crippen MR) is 78.4 cm³/mol. The molecule has 114 valence electrons. The summed E-state index contributed by atoms with van der Waals surface area (Å²) in [7, 11) is -5.50. The van der Waals surface area contributed by atoms with Gasteiger partial charge in [0.25, 0.3) is 0 Å². The fraction of sp³-hybridized carbons (Fsp3) is 0.400. The van der Waals surface area contributed by atoms with Crippen molar-refractivity contribution in [3.8, 4) is 0 Å². The molecule has 0 radical (unpaired) electrons. The van der Waals surface area contributed by atoms with Crippen LogP contribution >= 0.6 is 0 Å². The molecule has 0 aliphatic rings. The first kappa shape index (κ1) is 16.7. The monoisotopic (exact) mass is 322 g/mol. The minimum absolute atomic E-state index is 0.000175. The molecular weight excluding hydrogens is 304 g/mol. The molecule has 1 rings (SSSR count). The van der Waals surface area contributed by atoms with Crippen LogP contribution < -0.4 is 20.5 Å². The number of rotatable bonds is 7. The number of hydrogen-bond acceptors (Lipinski definition) is 6. The van der Waals surface area contributed by atoms with Crippen molar-refractivity contribution in [1.82, 2.24) is 9.44 Å². The van der Waals surface area contributed by atoms with E-state index in [0.717, 1.165) is 6.26 Å². The Kier molecular flexibility index (Phi) is 5.34. The first-order valence-electron chi connectivity index (χ1n) is 5.67. The molecule has 0 saturated heterocycles. The van der Waals surface area contributed by atoms with Crippen molar-refractivity contribution in [2.75, 3.05) is 37.4 Å². The number of nitrogens with one attached hydrogen (secondary N) is 3. The van der Waals surface area contributed by atoms with E-state index in [2.05, 4.69) is 14.8 Å². The summed E-state index contributed by atoms with van der Waals surface area (Å²) in [6.45, 7) is 0.569. The molecule has 0 heterocycles. The second kappa shape index (κ2) is 6.39. The Labute approximate surface area is 118 Å². The standard InChI is InChI=1S/C10H18N4O4S2/c1-12-20(17,18)10-4-3-8(7-9(10)11)13-5-6-14-19(2,15)16/h3-4,7,12-14H,5-6,11H2,1-2H3. The van der Waals surface area contributed by atoms with Gasteiger partial charge >= 0.3 is 0 Å². The van der Waals surface area contributed by atoms with E-state index in [9.17, 15) is 16.8 Å². The van der Waals surface area contributed by atoms with E-state index in [1.54, 1.807) is 6.07 Å². The van der Waals surface area contributed by atoms with Crippen LogP contribution in [-0.4, -0.2) is 43.2 Å². The summed E-state index contributed by atoms with van der Waals surface area (Å²) in [5.41, 5.74) is 6.40. The van der Waals surface area contributed by atoms with Crippen LogP contribution in [0.15, 0.2) is 23.1 Å². The van der Waals surface area contributed by atoms with Gasteiger partial charge in [-0.25, -0.2) is 26.3 Å². The van der Waals surface area contributed by atoms with Gasteiger partial charge in [0, 0.05) is 18.8 Å². The molecule has 10 heteroatoms. The molecule has 1 aromatic carbocycles. The fourth-order valence-corrected chi connectivity index (χ4v) is 2.77. The van der Waals surface area contributed by atoms with Crippen molar-refractivity contribution in [1.29, 1.82) is 0 Å². The van der Waals surface area contributed by atoms with Crippen LogP contribution in [-0.2, 0) is 20.0 Å². The summed E-state index contributed by atoms with van der Waals surface area (Å²) < 4.78 is 49.4. The summed E-state index contributed by atoms with van der Waals surface area (Å²) >= 11 is 0. The summed E-state index contributed by atoms with van der Waals surface area (Å²) in [6.07, 6.45) is 1.07. The maximum atomic E-state index is 11.6. The molecule has 0 atom stereocenters. The summed E-state index contributed by atoms with van der Waals surface area (Å²) in [5.74, 6) is 0. The zero-order valence-corrected chi connectivity index (χ0v) is 12.8. The van der Waals surface area contributed by atoms with Gasteiger partial charge in [-0.1, -0.05) is 0 Å². The van der Waals surface area contributed by atoms with Crippen molar-refractivity contribution in [2.24, 2.45) is 0 Å². The van der Waals surface area contributed by atoms with Gasteiger partial charge in [-0.05, 0) is 25.2 Å². The Morgan fingerprint density at radius 3 is 2.30 bits per heavy atom. The number of nitrogen functional groups attached to an aromatic ring is 1. The lowest BCUT2D eigenvalue weighted by atomic mass is 10.3. The largest absolute Gasteiger partial charge is 0.398 e. The molecule has 0 aliphatic heterocycles. The predicted octanol–water partition coefficient (Wildman–Crippen LogP) is -0.862. The lowest BCUT2D eigenvalue weighted by molar-refractivity contribution is 0.587. The van der Waals surface area contributed by atoms with Gasteiger partial charge in [0.05, 0.1) is 11.9 Å². The van der Waals surface area contributed by atoms with E-state index >= 15 is 0 Å². The maximum absolute atomic E-state index is 11.6. The molecule has 0 amide bonds. The van der Waals surface area contributed by atoms with Crippen molar-refractivity contribution >= 4 is 31.4 Å². The molecule has 8 nitrogen and oxygen atoms in total. The SMILES string of the molecule is CNS(=O)(=O)c1ccc(NCCNS(C)(=O)=O)cc1N. The van der Waals surface area contributed by atoms with E-state index in [1.165, 1.54) is 19.2 Å². The Morgan fingerprint density at radius 2 is 1.80 bits per heavy atom. The molecule has 5 N–H and O–H groups in total. The second-order valence-electron chi connectivity index (χ2n) is 4.05. The number of benzene rings is 1. The molecule has 0 bridgehead atoms. The molecule has 0 fully saturated rings. The average Bonchev–Trinajstić information content (AvgIpc) is 2.33. The van der Waals surface area contributed by atoms with Gasteiger partial charge in [-0.15, -0.1) is 0 Å². The Balaban J connectivity index is 2.69. The first-order valence-corrected chi connectivity index (χ1v) is 9.05. The van der Waals surface area contributed by atoms with Gasteiger partial charge in [0.1, 0.15) is 4.90 Å². The van der Waals surface area contributed by atoms with E-state index in [4.69, 9.17) is 5.73 Å². The molecule has 0 aromatic heterocycles. The minimum Gasteiger partial charge on any atom is -0.398 e. The van der Waals surface area contributed by atoms with Crippen molar-refractivity contribution in [3.05, 3.63) is 18.2 Å². The Bertz CT molecular complexity index is 670. The van der Waals surface area contributed by atoms with E-state index in [-0.39, 0.29) is 17.1 Å². The molecular formula is C10H18N4O4S2. The molecule has 0 aliphatic carbocycles. The van der Waals surface area contributed by atoms with Gasteiger partial charge in [-0.2, -0.15) is 0 Å². The van der Waals surface area contributed by atoms with E-state index in [0.29, 0.717) is 12.2 Å². The summed E-state index contributed by atoms with van der Waals surface area (Å²) in [4.78, 5) is -0.000175. The third-order valence-electron chi connectivity index (χ3n) is 2.39. The van der Waals surface area contributed by atoms with Crippen molar-refractivity contribution in [2.45, 2.75) is 4.90 Å². The molecule has 0 saturated carbocycles. The molecule has 1 aromatic rings. The Hall–Kier alpha value is -1.36. The normalized spacial score (nSPS) is 12.3. The number of nitrogens with two attached hydrogens (primary N) is 1. The van der Waals surface area contributed by atoms with Crippen LogP contribution in [0.3, 0.4) is 0 Å². The fourth-order valence-electron chi connectivity index (χ4n) is 1.46. The highest BCUT2D eigenvalue weighted by Gasteiger charge is 2.15. The van der Waals surface area contributed by atoms with Gasteiger partial charge in [0.15, 0.2) is 0 Å². The highest BCUT2D eigenvalue weighted by atomic mass is 32.2. The highest BCUT2D eigenvalue weighted by Crippen LogP contribution is 2.21. The first-order chi connectivity index (χ1) is 9.15.